The molecule has 0 bridgehead atoms. The molecule has 0 aromatic heterocycles. The fraction of sp³-hybridized carbons (Fsp3) is 0.400. The molecule has 0 spiro atoms. The molecule has 0 radical (unpaired) electrons. The molecule has 0 saturated heterocycles. The van der Waals surface area contributed by atoms with Crippen molar-refractivity contribution in [1.29, 1.82) is 0 Å². The molecule has 1 aromatic carbocycles. The fourth-order valence-electron chi connectivity index (χ4n) is 1.97. The Hall–Kier alpha value is -2.37. The molecule has 0 aliphatic heterocycles. The summed E-state index contributed by atoms with van der Waals surface area (Å²) in [4.78, 5) is 35.3. The number of hydrogen-bond donors (Lipinski definition) is 2. The minimum absolute atomic E-state index is 0.0259. The van der Waals surface area contributed by atoms with Gasteiger partial charge in [-0.25, -0.2) is 4.79 Å². The Bertz CT molecular complexity index is 553. The summed E-state index contributed by atoms with van der Waals surface area (Å²) in [5.74, 6) is -2.29. The second-order valence-corrected chi connectivity index (χ2v) is 4.75. The number of aromatic carboxylic acids is 1. The lowest BCUT2D eigenvalue weighted by Gasteiger charge is -2.24. The number of benzene rings is 1. The Labute approximate surface area is 123 Å². The summed E-state index contributed by atoms with van der Waals surface area (Å²) in [6, 6.07) is 4.49. The largest absolute Gasteiger partial charge is 0.481 e. The third-order valence-corrected chi connectivity index (χ3v) is 3.06. The highest BCUT2D eigenvalue weighted by Gasteiger charge is 2.19. The molecule has 0 aliphatic rings. The number of carbonyl (C=O) groups excluding carboxylic acids is 1. The maximum atomic E-state index is 12.2. The van der Waals surface area contributed by atoms with Gasteiger partial charge in [0.15, 0.2) is 0 Å². The van der Waals surface area contributed by atoms with E-state index in [0.717, 1.165) is 5.56 Å². The van der Waals surface area contributed by atoms with Crippen LogP contribution in [-0.2, 0) is 9.59 Å². The third kappa shape index (κ3) is 4.59. The van der Waals surface area contributed by atoms with Crippen LogP contribution in [0.5, 0.6) is 0 Å². The van der Waals surface area contributed by atoms with Crippen molar-refractivity contribution in [2.75, 3.05) is 11.4 Å². The van der Waals surface area contributed by atoms with E-state index in [1.165, 1.54) is 17.0 Å². The summed E-state index contributed by atoms with van der Waals surface area (Å²) in [5.41, 5.74) is 1.25. The Morgan fingerprint density at radius 2 is 1.81 bits per heavy atom. The summed E-state index contributed by atoms with van der Waals surface area (Å²) >= 11 is 0. The van der Waals surface area contributed by atoms with Gasteiger partial charge in [-0.3, -0.25) is 9.59 Å². The first-order valence-corrected chi connectivity index (χ1v) is 6.73. The van der Waals surface area contributed by atoms with Crippen molar-refractivity contribution >= 4 is 23.5 Å². The van der Waals surface area contributed by atoms with Crippen molar-refractivity contribution in [3.63, 3.8) is 0 Å². The molecule has 0 atom stereocenters. The number of carboxylic acid groups (broad SMARTS) is 2. The predicted molar refractivity (Wildman–Crippen MR) is 77.7 cm³/mol. The molecule has 0 aliphatic carbocycles. The topological polar surface area (TPSA) is 94.9 Å². The molecule has 21 heavy (non-hydrogen) atoms. The quantitative estimate of drug-likeness (QED) is 0.804. The van der Waals surface area contributed by atoms with Gasteiger partial charge >= 0.3 is 11.9 Å². The van der Waals surface area contributed by atoms with Crippen molar-refractivity contribution in [3.8, 4) is 0 Å². The molecule has 1 rings (SSSR count). The monoisotopic (exact) mass is 293 g/mol. The number of aliphatic carboxylic acids is 1. The Kier molecular flexibility index (Phi) is 5.90. The van der Waals surface area contributed by atoms with Crippen LogP contribution >= 0.6 is 0 Å². The average Bonchev–Trinajstić information content (AvgIpc) is 2.40. The summed E-state index contributed by atoms with van der Waals surface area (Å²) in [7, 11) is 0. The highest BCUT2D eigenvalue weighted by Crippen LogP contribution is 2.23. The molecule has 114 valence electrons. The molecule has 0 unspecified atom stereocenters. The minimum Gasteiger partial charge on any atom is -0.481 e. The molecule has 6 nitrogen and oxygen atoms in total. The SMILES string of the molecule is CCCC(=O)N(CCC(=O)O)c1cc(C(=O)O)ccc1C. The Morgan fingerprint density at radius 1 is 1.14 bits per heavy atom. The zero-order valence-corrected chi connectivity index (χ0v) is 12.1. The van der Waals surface area contributed by atoms with Crippen LogP contribution in [-0.4, -0.2) is 34.6 Å². The molecule has 1 amide bonds. The van der Waals surface area contributed by atoms with E-state index in [1.807, 2.05) is 6.92 Å². The number of carbonyl (C=O) groups is 3. The Morgan fingerprint density at radius 3 is 2.33 bits per heavy atom. The van der Waals surface area contributed by atoms with E-state index in [1.54, 1.807) is 13.0 Å². The molecular weight excluding hydrogens is 274 g/mol. The van der Waals surface area contributed by atoms with Gasteiger partial charge in [-0.1, -0.05) is 13.0 Å². The Balaban J connectivity index is 3.17. The maximum Gasteiger partial charge on any atom is 0.335 e. The van der Waals surface area contributed by atoms with Crippen LogP contribution in [0.25, 0.3) is 0 Å². The maximum absolute atomic E-state index is 12.2. The van der Waals surface area contributed by atoms with E-state index in [-0.39, 0.29) is 30.9 Å². The van der Waals surface area contributed by atoms with Gasteiger partial charge in [-0.15, -0.1) is 0 Å². The lowest BCUT2D eigenvalue weighted by molar-refractivity contribution is -0.136. The van der Waals surface area contributed by atoms with Gasteiger partial charge in [0.2, 0.25) is 5.91 Å². The summed E-state index contributed by atoms with van der Waals surface area (Å²) in [6.07, 6.45) is 0.739. The third-order valence-electron chi connectivity index (χ3n) is 3.06. The van der Waals surface area contributed by atoms with E-state index in [0.29, 0.717) is 12.1 Å². The number of carboxylic acids is 2. The number of anilines is 1. The van der Waals surface area contributed by atoms with Crippen molar-refractivity contribution in [2.45, 2.75) is 33.1 Å². The van der Waals surface area contributed by atoms with E-state index >= 15 is 0 Å². The van der Waals surface area contributed by atoms with Crippen LogP contribution in [0.1, 0.15) is 42.1 Å². The lowest BCUT2D eigenvalue weighted by atomic mass is 10.1. The molecule has 6 heteroatoms. The molecule has 2 N–H and O–H groups in total. The van der Waals surface area contributed by atoms with Gasteiger partial charge in [-0.05, 0) is 31.0 Å². The van der Waals surface area contributed by atoms with Gasteiger partial charge in [0.25, 0.3) is 0 Å². The predicted octanol–water partition coefficient (Wildman–Crippen LogP) is 2.30. The normalized spacial score (nSPS) is 10.2. The van der Waals surface area contributed by atoms with Crippen molar-refractivity contribution in [1.82, 2.24) is 0 Å². The van der Waals surface area contributed by atoms with Crippen LogP contribution in [0.4, 0.5) is 5.69 Å². The number of hydrogen-bond acceptors (Lipinski definition) is 3. The summed E-state index contributed by atoms with van der Waals surface area (Å²) < 4.78 is 0. The van der Waals surface area contributed by atoms with Crippen molar-refractivity contribution in [3.05, 3.63) is 29.3 Å². The molecular formula is C15H19NO5. The van der Waals surface area contributed by atoms with Crippen LogP contribution in [0.3, 0.4) is 0 Å². The highest BCUT2D eigenvalue weighted by atomic mass is 16.4. The van der Waals surface area contributed by atoms with Crippen LogP contribution in [0.15, 0.2) is 18.2 Å². The molecule has 0 fully saturated rings. The lowest BCUT2D eigenvalue weighted by Crippen LogP contribution is -2.33. The first kappa shape index (κ1) is 16.7. The number of aryl methyl sites for hydroxylation is 1. The van der Waals surface area contributed by atoms with E-state index < -0.39 is 11.9 Å². The summed E-state index contributed by atoms with van der Waals surface area (Å²) in [5, 5.41) is 17.8. The van der Waals surface area contributed by atoms with Crippen LogP contribution in [0.2, 0.25) is 0 Å². The van der Waals surface area contributed by atoms with Gasteiger partial charge in [0, 0.05) is 18.7 Å². The van der Waals surface area contributed by atoms with Gasteiger partial charge in [-0.2, -0.15) is 0 Å². The average molecular weight is 293 g/mol. The van der Waals surface area contributed by atoms with E-state index in [4.69, 9.17) is 10.2 Å². The fourth-order valence-corrected chi connectivity index (χ4v) is 1.97. The van der Waals surface area contributed by atoms with Gasteiger partial charge in [0.1, 0.15) is 0 Å². The number of rotatable bonds is 7. The van der Waals surface area contributed by atoms with Crippen LogP contribution in [0, 0.1) is 6.92 Å². The van der Waals surface area contributed by atoms with Gasteiger partial charge in [0.05, 0.1) is 12.0 Å². The van der Waals surface area contributed by atoms with Gasteiger partial charge < -0.3 is 15.1 Å². The van der Waals surface area contributed by atoms with Crippen molar-refractivity contribution in [2.24, 2.45) is 0 Å². The molecule has 1 aromatic rings. The zero-order chi connectivity index (χ0) is 16.0. The number of nitrogens with zero attached hydrogens (tertiary/aromatic N) is 1. The minimum atomic E-state index is -1.09. The second-order valence-electron chi connectivity index (χ2n) is 4.75. The first-order chi connectivity index (χ1) is 9.86. The van der Waals surface area contributed by atoms with Crippen molar-refractivity contribution < 1.29 is 24.6 Å². The van der Waals surface area contributed by atoms with E-state index in [9.17, 15) is 14.4 Å². The summed E-state index contributed by atoms with van der Waals surface area (Å²) in [6.45, 7) is 3.64. The zero-order valence-electron chi connectivity index (χ0n) is 12.1. The highest BCUT2D eigenvalue weighted by molar-refractivity contribution is 5.96. The second kappa shape index (κ2) is 7.42. The standard InChI is InChI=1S/C15H19NO5/c1-3-4-13(17)16(8-7-14(18)19)12-9-11(15(20)21)6-5-10(12)2/h5-6,9H,3-4,7-8H2,1-2H3,(H,18,19)(H,20,21). The number of amides is 1. The molecule has 0 saturated carbocycles. The smallest absolute Gasteiger partial charge is 0.335 e. The van der Waals surface area contributed by atoms with Crippen LogP contribution < -0.4 is 4.90 Å². The first-order valence-electron chi connectivity index (χ1n) is 6.73. The van der Waals surface area contributed by atoms with E-state index in [2.05, 4.69) is 0 Å². The molecule has 0 heterocycles.